The lowest BCUT2D eigenvalue weighted by Crippen LogP contribution is -2.56. The van der Waals surface area contributed by atoms with Crippen molar-refractivity contribution in [3.63, 3.8) is 0 Å². The van der Waals surface area contributed by atoms with Gasteiger partial charge in [0.1, 0.15) is 35.1 Å². The smallest absolute Gasteiger partial charge is 0.408 e. The number of esters is 1. The Morgan fingerprint density at radius 3 is 2.06 bits per heavy atom. The van der Waals surface area contributed by atoms with Crippen LogP contribution in [-0.2, 0) is 35.1 Å². The molecule has 256 valence electrons. The van der Waals surface area contributed by atoms with Crippen molar-refractivity contribution in [3.8, 4) is 5.75 Å². The highest BCUT2D eigenvalue weighted by atomic mass is 16.6. The second kappa shape index (κ2) is 15.3. The van der Waals surface area contributed by atoms with Crippen LogP contribution < -0.4 is 16.4 Å². The molecule has 3 rings (SSSR count). The molecule has 0 aliphatic heterocycles. The lowest BCUT2D eigenvalue weighted by molar-refractivity contribution is -0.159. The summed E-state index contributed by atoms with van der Waals surface area (Å²) in [5.74, 6) is -2.82. The number of nitrogens with two attached hydrogens (primary N) is 1. The van der Waals surface area contributed by atoms with Gasteiger partial charge in [-0.3, -0.25) is 14.4 Å². The van der Waals surface area contributed by atoms with Gasteiger partial charge >= 0.3 is 12.1 Å². The molecular formula is C35H48N4O8. The Balaban J connectivity index is 2.07. The largest absolute Gasteiger partial charge is 0.508 e. The van der Waals surface area contributed by atoms with Crippen LogP contribution in [0.1, 0.15) is 84.9 Å². The third-order valence-electron chi connectivity index (χ3n) is 7.35. The SMILES string of the molecule is CC1CC1N(C(=O)C(CCC(N)=O)NC(=O)OC(C)(C)C)C(C(=O)NC(Cc1ccccc1)C(=O)OC(C)(C)C)c1cccc(O)c1. The zero-order valence-corrected chi connectivity index (χ0v) is 28.2. The monoisotopic (exact) mass is 652 g/mol. The van der Waals surface area contributed by atoms with E-state index < -0.39 is 65.2 Å². The van der Waals surface area contributed by atoms with Crippen molar-refractivity contribution in [3.05, 3.63) is 65.7 Å². The molecule has 1 aliphatic carbocycles. The summed E-state index contributed by atoms with van der Waals surface area (Å²) in [7, 11) is 0. The standard InChI is InChI=1S/C35H48N4O8/c1-21-18-27(21)39(31(43)25(16-17-28(36)41)38-33(45)47-35(5,6)7)29(23-14-11-15-24(40)20-23)30(42)37-26(32(44)46-34(2,3)4)19-22-12-9-8-10-13-22/h8-15,20-21,25-27,29,40H,16-19H2,1-7H3,(H2,36,41)(H,37,42)(H,38,45). The molecule has 47 heavy (non-hydrogen) atoms. The van der Waals surface area contributed by atoms with E-state index in [2.05, 4.69) is 10.6 Å². The molecule has 5 N–H and O–H groups in total. The zero-order valence-electron chi connectivity index (χ0n) is 28.2. The lowest BCUT2D eigenvalue weighted by atomic mass is 9.99. The fraction of sp³-hybridized carbons (Fsp3) is 0.514. The third-order valence-corrected chi connectivity index (χ3v) is 7.35. The molecule has 12 nitrogen and oxygen atoms in total. The number of alkyl carbamates (subject to hydrolysis) is 1. The Morgan fingerprint density at radius 2 is 1.53 bits per heavy atom. The minimum atomic E-state index is -1.33. The first-order valence-electron chi connectivity index (χ1n) is 15.8. The summed E-state index contributed by atoms with van der Waals surface area (Å²) in [6.07, 6.45) is -0.573. The summed E-state index contributed by atoms with van der Waals surface area (Å²) < 4.78 is 11.0. The van der Waals surface area contributed by atoms with Gasteiger partial charge in [0, 0.05) is 18.9 Å². The van der Waals surface area contributed by atoms with Crippen molar-refractivity contribution in [2.24, 2.45) is 11.7 Å². The van der Waals surface area contributed by atoms with Gasteiger partial charge in [-0.05, 0) is 83.6 Å². The van der Waals surface area contributed by atoms with Crippen LogP contribution >= 0.6 is 0 Å². The molecule has 1 fully saturated rings. The van der Waals surface area contributed by atoms with Gasteiger partial charge in [0.15, 0.2) is 0 Å². The van der Waals surface area contributed by atoms with E-state index >= 15 is 0 Å². The summed E-state index contributed by atoms with van der Waals surface area (Å²) in [6.45, 7) is 12.1. The Bertz CT molecular complexity index is 1430. The number of carbonyl (C=O) groups is 5. The van der Waals surface area contributed by atoms with E-state index in [4.69, 9.17) is 15.2 Å². The molecule has 0 heterocycles. The summed E-state index contributed by atoms with van der Waals surface area (Å²) in [5.41, 5.74) is 4.75. The zero-order chi connectivity index (χ0) is 35.1. The van der Waals surface area contributed by atoms with E-state index in [-0.39, 0.29) is 36.5 Å². The van der Waals surface area contributed by atoms with Gasteiger partial charge in [-0.25, -0.2) is 9.59 Å². The topological polar surface area (TPSA) is 177 Å². The van der Waals surface area contributed by atoms with Crippen LogP contribution in [0.4, 0.5) is 4.79 Å². The molecule has 2 aromatic rings. The van der Waals surface area contributed by atoms with E-state index in [0.717, 1.165) is 5.56 Å². The van der Waals surface area contributed by atoms with Crippen LogP contribution in [0.2, 0.25) is 0 Å². The van der Waals surface area contributed by atoms with Crippen molar-refractivity contribution in [2.45, 2.75) is 110 Å². The number of benzene rings is 2. The molecule has 0 aromatic heterocycles. The number of ether oxygens (including phenoxy) is 2. The fourth-order valence-corrected chi connectivity index (χ4v) is 5.15. The molecule has 1 aliphatic rings. The minimum Gasteiger partial charge on any atom is -0.508 e. The van der Waals surface area contributed by atoms with Gasteiger partial charge in [-0.15, -0.1) is 0 Å². The van der Waals surface area contributed by atoms with Gasteiger partial charge < -0.3 is 35.8 Å². The van der Waals surface area contributed by atoms with E-state index in [1.807, 2.05) is 37.3 Å². The molecule has 0 spiro atoms. The average molecular weight is 653 g/mol. The number of amides is 4. The lowest BCUT2D eigenvalue weighted by Gasteiger charge is -2.36. The first kappa shape index (κ1) is 36.9. The molecular weight excluding hydrogens is 604 g/mol. The number of hydrogen-bond acceptors (Lipinski definition) is 8. The Kier molecular flexibility index (Phi) is 12.0. The predicted octanol–water partition coefficient (Wildman–Crippen LogP) is 3.90. The van der Waals surface area contributed by atoms with E-state index in [0.29, 0.717) is 6.42 Å². The molecule has 0 radical (unpaired) electrons. The number of phenols is 1. The molecule has 5 unspecified atom stereocenters. The molecule has 0 bridgehead atoms. The summed E-state index contributed by atoms with van der Waals surface area (Å²) in [5, 5.41) is 15.8. The van der Waals surface area contributed by atoms with Crippen LogP contribution in [-0.4, -0.2) is 69.1 Å². The Labute approximate surface area is 276 Å². The maximum absolute atomic E-state index is 14.5. The first-order chi connectivity index (χ1) is 21.8. The average Bonchev–Trinajstić information content (AvgIpc) is 3.67. The number of aromatic hydroxyl groups is 1. The van der Waals surface area contributed by atoms with Gasteiger partial charge in [-0.2, -0.15) is 0 Å². The minimum absolute atomic E-state index is 0.00384. The van der Waals surface area contributed by atoms with Gasteiger partial charge in [0.05, 0.1) is 0 Å². The van der Waals surface area contributed by atoms with Crippen molar-refractivity contribution in [2.75, 3.05) is 0 Å². The van der Waals surface area contributed by atoms with E-state index in [1.165, 1.54) is 17.0 Å². The van der Waals surface area contributed by atoms with Crippen LogP contribution in [0, 0.1) is 5.92 Å². The Hall–Kier alpha value is -4.61. The number of rotatable bonds is 13. The van der Waals surface area contributed by atoms with Crippen molar-refractivity contribution < 1.29 is 38.6 Å². The number of phenolic OH excluding ortho intramolecular Hbond substituents is 1. The number of primary amides is 1. The predicted molar refractivity (Wildman–Crippen MR) is 175 cm³/mol. The van der Waals surface area contributed by atoms with E-state index in [9.17, 15) is 29.1 Å². The summed E-state index contributed by atoms with van der Waals surface area (Å²) in [4.78, 5) is 68.3. The second-order valence-electron chi connectivity index (χ2n) is 14.0. The first-order valence-corrected chi connectivity index (χ1v) is 15.8. The normalized spacial score (nSPS) is 17.8. The number of carbonyl (C=O) groups excluding carboxylic acids is 5. The number of nitrogens with one attached hydrogen (secondary N) is 2. The maximum atomic E-state index is 14.5. The molecule has 1 saturated carbocycles. The highest BCUT2D eigenvalue weighted by Crippen LogP contribution is 2.41. The van der Waals surface area contributed by atoms with Crippen LogP contribution in [0.5, 0.6) is 5.75 Å². The maximum Gasteiger partial charge on any atom is 0.408 e. The number of nitrogens with zero attached hydrogens (tertiary/aromatic N) is 1. The van der Waals surface area contributed by atoms with E-state index in [1.54, 1.807) is 53.7 Å². The van der Waals surface area contributed by atoms with Crippen molar-refractivity contribution >= 4 is 29.8 Å². The fourth-order valence-electron chi connectivity index (χ4n) is 5.15. The highest BCUT2D eigenvalue weighted by Gasteiger charge is 2.49. The van der Waals surface area contributed by atoms with Crippen LogP contribution in [0.25, 0.3) is 0 Å². The number of hydrogen-bond donors (Lipinski definition) is 4. The molecule has 5 atom stereocenters. The van der Waals surface area contributed by atoms with Crippen LogP contribution in [0.3, 0.4) is 0 Å². The summed E-state index contributed by atoms with van der Waals surface area (Å²) >= 11 is 0. The molecule has 12 heteroatoms. The van der Waals surface area contributed by atoms with Crippen molar-refractivity contribution in [1.29, 1.82) is 0 Å². The van der Waals surface area contributed by atoms with Crippen molar-refractivity contribution in [1.82, 2.24) is 15.5 Å². The molecule has 0 saturated heterocycles. The molecule has 4 amide bonds. The summed E-state index contributed by atoms with van der Waals surface area (Å²) in [6, 6.07) is 10.9. The van der Waals surface area contributed by atoms with Gasteiger partial charge in [0.25, 0.3) is 0 Å². The molecule has 2 aromatic carbocycles. The Morgan fingerprint density at radius 1 is 0.915 bits per heavy atom. The highest BCUT2D eigenvalue weighted by molar-refractivity contribution is 5.94. The second-order valence-corrected chi connectivity index (χ2v) is 14.0. The van der Waals surface area contributed by atoms with Gasteiger partial charge in [0.2, 0.25) is 17.7 Å². The van der Waals surface area contributed by atoms with Gasteiger partial charge in [-0.1, -0.05) is 49.4 Å². The van der Waals surface area contributed by atoms with Crippen LogP contribution in [0.15, 0.2) is 54.6 Å². The third kappa shape index (κ3) is 11.6. The quantitative estimate of drug-likeness (QED) is 0.236.